The van der Waals surface area contributed by atoms with E-state index < -0.39 is 29.8 Å². The summed E-state index contributed by atoms with van der Waals surface area (Å²) < 4.78 is 18.2. The number of carbonyl (C=O) groups is 2. The molecule has 1 aromatic carbocycles. The van der Waals surface area contributed by atoms with E-state index in [2.05, 4.69) is 11.4 Å². The van der Waals surface area contributed by atoms with Crippen LogP contribution in [0.2, 0.25) is 0 Å². The Hall–Kier alpha value is -2.42. The Bertz CT molecular complexity index is 604. The fourth-order valence-corrected chi connectivity index (χ4v) is 2.54. The third-order valence-electron chi connectivity index (χ3n) is 3.71. The third kappa shape index (κ3) is 4.04. The first-order valence-corrected chi connectivity index (χ1v) is 7.16. The molecule has 0 atom stereocenters. The van der Waals surface area contributed by atoms with Crippen molar-refractivity contribution in [3.8, 4) is 6.07 Å². The van der Waals surface area contributed by atoms with Crippen LogP contribution >= 0.6 is 0 Å². The Morgan fingerprint density at radius 3 is 2.64 bits per heavy atom. The van der Waals surface area contributed by atoms with E-state index in [9.17, 15) is 14.0 Å². The number of nitrogens with zero attached hydrogens (tertiary/aromatic N) is 1. The lowest BCUT2D eigenvalue weighted by Gasteiger charge is -2.21. The van der Waals surface area contributed by atoms with E-state index in [0.717, 1.165) is 12.8 Å². The van der Waals surface area contributed by atoms with Crippen molar-refractivity contribution in [2.24, 2.45) is 0 Å². The Balaban J connectivity index is 1.80. The molecule has 0 unspecified atom stereocenters. The lowest BCUT2D eigenvalue weighted by atomic mass is 10.00. The van der Waals surface area contributed by atoms with Crippen LogP contribution in [0.1, 0.15) is 31.2 Å². The number of nitrogens with one attached hydrogen (secondary N) is 1. The number of ether oxygens (including phenoxy) is 1. The van der Waals surface area contributed by atoms with Crippen LogP contribution in [0.5, 0.6) is 0 Å². The summed E-state index contributed by atoms with van der Waals surface area (Å²) in [5.74, 6) is -1.68. The highest BCUT2D eigenvalue weighted by Gasteiger charge is 2.35. The molecule has 22 heavy (non-hydrogen) atoms. The minimum absolute atomic E-state index is 0.220. The first-order valence-electron chi connectivity index (χ1n) is 7.16. The highest BCUT2D eigenvalue weighted by molar-refractivity contribution is 5.82. The molecule has 0 spiro atoms. The molecule has 5 nitrogen and oxygen atoms in total. The number of esters is 1. The largest absolute Gasteiger partial charge is 0.455 e. The second kappa shape index (κ2) is 7.03. The van der Waals surface area contributed by atoms with E-state index in [0.29, 0.717) is 12.8 Å². The maximum atomic E-state index is 13.4. The second-order valence-corrected chi connectivity index (χ2v) is 5.38. The number of amides is 1. The lowest BCUT2D eigenvalue weighted by Crippen LogP contribution is -2.46. The SMILES string of the molecule is N#CC1(NC(=O)COC(=O)Cc2ccccc2F)CCCC1. The van der Waals surface area contributed by atoms with Crippen molar-refractivity contribution >= 4 is 11.9 Å². The Labute approximate surface area is 128 Å². The monoisotopic (exact) mass is 304 g/mol. The third-order valence-corrected chi connectivity index (χ3v) is 3.71. The molecular formula is C16H17FN2O3. The molecule has 1 N–H and O–H groups in total. The number of rotatable bonds is 5. The predicted octanol–water partition coefficient (Wildman–Crippen LogP) is 1.86. The van der Waals surface area contributed by atoms with Crippen LogP contribution in [0.3, 0.4) is 0 Å². The topological polar surface area (TPSA) is 79.2 Å². The van der Waals surface area contributed by atoms with Gasteiger partial charge in [-0.1, -0.05) is 18.2 Å². The normalized spacial score (nSPS) is 15.8. The summed E-state index contributed by atoms with van der Waals surface area (Å²) in [4.78, 5) is 23.4. The molecule has 1 fully saturated rings. The van der Waals surface area contributed by atoms with Gasteiger partial charge in [-0.25, -0.2) is 4.39 Å². The number of halogens is 1. The second-order valence-electron chi connectivity index (χ2n) is 5.38. The van der Waals surface area contributed by atoms with Gasteiger partial charge in [-0.15, -0.1) is 0 Å². The molecule has 0 bridgehead atoms. The minimum atomic E-state index is -0.838. The predicted molar refractivity (Wildman–Crippen MR) is 76.0 cm³/mol. The summed E-state index contributed by atoms with van der Waals surface area (Å²) in [6.07, 6.45) is 2.77. The zero-order valence-electron chi connectivity index (χ0n) is 12.1. The fourth-order valence-electron chi connectivity index (χ4n) is 2.54. The molecule has 0 aliphatic heterocycles. The van der Waals surface area contributed by atoms with Crippen LogP contribution in [0.4, 0.5) is 4.39 Å². The molecule has 2 rings (SSSR count). The van der Waals surface area contributed by atoms with Crippen molar-refractivity contribution < 1.29 is 18.7 Å². The first kappa shape index (κ1) is 16.0. The molecule has 0 aromatic heterocycles. The van der Waals surface area contributed by atoms with E-state index in [1.54, 1.807) is 6.07 Å². The van der Waals surface area contributed by atoms with Crippen LogP contribution in [0.25, 0.3) is 0 Å². The van der Waals surface area contributed by atoms with Crippen molar-refractivity contribution in [2.45, 2.75) is 37.6 Å². The van der Waals surface area contributed by atoms with Crippen molar-refractivity contribution in [1.82, 2.24) is 5.32 Å². The Morgan fingerprint density at radius 2 is 2.00 bits per heavy atom. The van der Waals surface area contributed by atoms with Gasteiger partial charge in [0.05, 0.1) is 12.5 Å². The van der Waals surface area contributed by atoms with E-state index >= 15 is 0 Å². The number of nitriles is 1. The quantitative estimate of drug-likeness (QED) is 0.842. The molecule has 1 amide bonds. The first-order chi connectivity index (χ1) is 10.5. The van der Waals surface area contributed by atoms with Gasteiger partial charge in [0, 0.05) is 0 Å². The van der Waals surface area contributed by atoms with Crippen molar-refractivity contribution in [3.63, 3.8) is 0 Å². The minimum Gasteiger partial charge on any atom is -0.455 e. The van der Waals surface area contributed by atoms with Gasteiger partial charge in [-0.3, -0.25) is 9.59 Å². The fraction of sp³-hybridized carbons (Fsp3) is 0.438. The van der Waals surface area contributed by atoms with Crippen LogP contribution < -0.4 is 5.32 Å². The average Bonchev–Trinajstić information content (AvgIpc) is 2.97. The van der Waals surface area contributed by atoms with E-state index in [-0.39, 0.29) is 12.0 Å². The highest BCUT2D eigenvalue weighted by Crippen LogP contribution is 2.28. The average molecular weight is 304 g/mol. The van der Waals surface area contributed by atoms with Crippen LogP contribution in [0, 0.1) is 17.1 Å². The van der Waals surface area contributed by atoms with Crippen molar-refractivity contribution in [1.29, 1.82) is 5.26 Å². The molecule has 0 heterocycles. The van der Waals surface area contributed by atoms with Gasteiger partial charge in [-0.2, -0.15) is 5.26 Å². The summed E-state index contributed by atoms with van der Waals surface area (Å²) in [5, 5.41) is 11.8. The van der Waals surface area contributed by atoms with E-state index in [1.165, 1.54) is 18.2 Å². The molecule has 1 aromatic rings. The number of hydrogen-bond acceptors (Lipinski definition) is 4. The smallest absolute Gasteiger partial charge is 0.310 e. The molecule has 6 heteroatoms. The zero-order valence-corrected chi connectivity index (χ0v) is 12.1. The maximum Gasteiger partial charge on any atom is 0.310 e. The van der Waals surface area contributed by atoms with Crippen LogP contribution in [0.15, 0.2) is 24.3 Å². The highest BCUT2D eigenvalue weighted by atomic mass is 19.1. The molecule has 1 aliphatic rings. The van der Waals surface area contributed by atoms with Gasteiger partial charge in [0.2, 0.25) is 0 Å². The van der Waals surface area contributed by atoms with Gasteiger partial charge in [0.15, 0.2) is 6.61 Å². The van der Waals surface area contributed by atoms with E-state index in [1.807, 2.05) is 0 Å². The molecule has 0 radical (unpaired) electrons. The van der Waals surface area contributed by atoms with Gasteiger partial charge in [-0.05, 0) is 37.3 Å². The van der Waals surface area contributed by atoms with Crippen LogP contribution in [-0.2, 0) is 20.7 Å². The van der Waals surface area contributed by atoms with Gasteiger partial charge < -0.3 is 10.1 Å². The van der Waals surface area contributed by atoms with Gasteiger partial charge in [0.25, 0.3) is 5.91 Å². The standard InChI is InChI=1S/C16H17FN2O3/c17-13-6-2-1-5-12(13)9-15(21)22-10-14(20)19-16(11-18)7-3-4-8-16/h1-2,5-6H,3-4,7-10H2,(H,19,20). The van der Waals surface area contributed by atoms with E-state index in [4.69, 9.17) is 10.00 Å². The maximum absolute atomic E-state index is 13.4. The molecule has 1 saturated carbocycles. The summed E-state index contributed by atoms with van der Waals surface area (Å²) in [5.41, 5.74) is -0.619. The van der Waals surface area contributed by atoms with Crippen molar-refractivity contribution in [2.75, 3.05) is 6.61 Å². The molecule has 1 aliphatic carbocycles. The summed E-state index contributed by atoms with van der Waals surface area (Å²) in [7, 11) is 0. The zero-order chi connectivity index (χ0) is 16.0. The van der Waals surface area contributed by atoms with Crippen molar-refractivity contribution in [3.05, 3.63) is 35.6 Å². The number of hydrogen-bond donors (Lipinski definition) is 1. The lowest BCUT2D eigenvalue weighted by molar-refractivity contribution is -0.148. The summed E-state index contributed by atoms with van der Waals surface area (Å²) in [6, 6.07) is 8.01. The Kier molecular flexibility index (Phi) is 5.10. The summed E-state index contributed by atoms with van der Waals surface area (Å²) >= 11 is 0. The molecular weight excluding hydrogens is 287 g/mol. The van der Waals surface area contributed by atoms with Crippen LogP contribution in [-0.4, -0.2) is 24.0 Å². The Morgan fingerprint density at radius 1 is 1.32 bits per heavy atom. The summed E-state index contributed by atoms with van der Waals surface area (Å²) in [6.45, 7) is -0.462. The van der Waals surface area contributed by atoms with Gasteiger partial charge in [0.1, 0.15) is 11.4 Å². The number of carbonyl (C=O) groups excluding carboxylic acids is 2. The van der Waals surface area contributed by atoms with Gasteiger partial charge >= 0.3 is 5.97 Å². The molecule has 116 valence electrons. The molecule has 0 saturated heterocycles. The number of benzene rings is 1.